The summed E-state index contributed by atoms with van der Waals surface area (Å²) in [6.07, 6.45) is 2.80. The molecule has 0 radical (unpaired) electrons. The van der Waals surface area contributed by atoms with Crippen LogP contribution in [0.2, 0.25) is 0 Å². The molecule has 2 fully saturated rings. The lowest BCUT2D eigenvalue weighted by Crippen LogP contribution is -2.59. The molecule has 1 saturated carbocycles. The van der Waals surface area contributed by atoms with Crippen molar-refractivity contribution >= 4 is 11.6 Å². The Labute approximate surface area is 104 Å². The van der Waals surface area contributed by atoms with Gasteiger partial charge in [-0.25, -0.2) is 0 Å². The summed E-state index contributed by atoms with van der Waals surface area (Å²) in [4.78, 5) is 2.51. The van der Waals surface area contributed by atoms with E-state index < -0.39 is 0 Å². The van der Waals surface area contributed by atoms with Crippen molar-refractivity contribution in [3.05, 3.63) is 11.6 Å². The molecular weight excluding hydrogens is 220 g/mol. The van der Waals surface area contributed by atoms with Crippen molar-refractivity contribution in [2.24, 2.45) is 11.8 Å². The van der Waals surface area contributed by atoms with Crippen LogP contribution in [-0.2, 0) is 0 Å². The van der Waals surface area contributed by atoms with E-state index in [1.807, 2.05) is 0 Å². The Hall–Kier alpha value is -0.0500. The molecule has 2 rings (SSSR count). The van der Waals surface area contributed by atoms with Crippen LogP contribution in [0, 0.1) is 11.8 Å². The summed E-state index contributed by atoms with van der Waals surface area (Å²) in [6.45, 7) is 11.5. The number of nitrogens with zero attached hydrogens (tertiary/aromatic N) is 1. The third-order valence-corrected chi connectivity index (χ3v) is 3.94. The van der Waals surface area contributed by atoms with Crippen molar-refractivity contribution in [2.45, 2.75) is 38.8 Å². The maximum absolute atomic E-state index is 5.97. The summed E-state index contributed by atoms with van der Waals surface area (Å²) in [7, 11) is 0. The zero-order chi connectivity index (χ0) is 11.7. The van der Waals surface area contributed by atoms with Gasteiger partial charge in [-0.05, 0) is 24.7 Å². The highest BCUT2D eigenvalue weighted by Gasteiger charge is 2.37. The van der Waals surface area contributed by atoms with Gasteiger partial charge in [0, 0.05) is 36.8 Å². The SMILES string of the molecule is C=C(Cl)CN1CC(C2CC2)NCC1C(C)C. The highest BCUT2D eigenvalue weighted by Crippen LogP contribution is 2.35. The topological polar surface area (TPSA) is 15.3 Å². The van der Waals surface area contributed by atoms with Crippen molar-refractivity contribution in [3.8, 4) is 0 Å². The average Bonchev–Trinajstić information content (AvgIpc) is 2.99. The number of piperazine rings is 1. The van der Waals surface area contributed by atoms with Crippen LogP contribution in [-0.4, -0.2) is 36.6 Å². The molecule has 16 heavy (non-hydrogen) atoms. The molecule has 92 valence electrons. The van der Waals surface area contributed by atoms with Gasteiger partial charge in [0.15, 0.2) is 0 Å². The second kappa shape index (κ2) is 5.07. The lowest BCUT2D eigenvalue weighted by molar-refractivity contribution is 0.104. The molecule has 1 N–H and O–H groups in total. The molecule has 2 unspecified atom stereocenters. The fourth-order valence-corrected chi connectivity index (χ4v) is 2.88. The Morgan fingerprint density at radius 3 is 2.69 bits per heavy atom. The molecule has 1 saturated heterocycles. The van der Waals surface area contributed by atoms with Crippen LogP contribution < -0.4 is 5.32 Å². The van der Waals surface area contributed by atoms with Gasteiger partial charge in [-0.2, -0.15) is 0 Å². The van der Waals surface area contributed by atoms with Crippen LogP contribution in [0.4, 0.5) is 0 Å². The number of halogens is 1. The molecule has 0 aromatic heterocycles. The van der Waals surface area contributed by atoms with Gasteiger partial charge in [0.1, 0.15) is 0 Å². The summed E-state index contributed by atoms with van der Waals surface area (Å²) in [6, 6.07) is 1.29. The molecule has 0 aromatic carbocycles. The first-order chi connectivity index (χ1) is 7.58. The van der Waals surface area contributed by atoms with Gasteiger partial charge in [-0.3, -0.25) is 4.90 Å². The minimum Gasteiger partial charge on any atom is -0.311 e. The van der Waals surface area contributed by atoms with E-state index in [2.05, 4.69) is 30.6 Å². The van der Waals surface area contributed by atoms with Gasteiger partial charge < -0.3 is 5.32 Å². The van der Waals surface area contributed by atoms with Crippen molar-refractivity contribution < 1.29 is 0 Å². The van der Waals surface area contributed by atoms with E-state index in [1.54, 1.807) is 0 Å². The van der Waals surface area contributed by atoms with E-state index in [1.165, 1.54) is 12.8 Å². The average molecular weight is 243 g/mol. The second-order valence-corrected chi connectivity index (χ2v) is 6.14. The van der Waals surface area contributed by atoms with E-state index in [4.69, 9.17) is 11.6 Å². The Kier molecular flexibility index (Phi) is 3.93. The summed E-state index contributed by atoms with van der Waals surface area (Å²) in [5.41, 5.74) is 0. The minimum absolute atomic E-state index is 0.602. The lowest BCUT2D eigenvalue weighted by Gasteiger charge is -2.42. The molecule has 1 aliphatic carbocycles. The summed E-state index contributed by atoms with van der Waals surface area (Å²) >= 11 is 5.97. The fourth-order valence-electron chi connectivity index (χ4n) is 2.73. The van der Waals surface area contributed by atoms with Gasteiger partial charge in [0.25, 0.3) is 0 Å². The van der Waals surface area contributed by atoms with Crippen molar-refractivity contribution in [1.82, 2.24) is 10.2 Å². The Morgan fingerprint density at radius 2 is 2.19 bits per heavy atom. The van der Waals surface area contributed by atoms with Crippen LogP contribution in [0.3, 0.4) is 0 Å². The normalized spacial score (nSPS) is 32.0. The van der Waals surface area contributed by atoms with Crippen LogP contribution in [0.1, 0.15) is 26.7 Å². The molecule has 0 bridgehead atoms. The first-order valence-electron chi connectivity index (χ1n) is 6.38. The maximum atomic E-state index is 5.97. The molecule has 0 aromatic rings. The summed E-state index contributed by atoms with van der Waals surface area (Å²) in [5.74, 6) is 1.59. The first-order valence-corrected chi connectivity index (χ1v) is 6.76. The van der Waals surface area contributed by atoms with Gasteiger partial charge in [0.05, 0.1) is 0 Å². The van der Waals surface area contributed by atoms with E-state index in [0.29, 0.717) is 18.0 Å². The van der Waals surface area contributed by atoms with E-state index in [9.17, 15) is 0 Å². The molecule has 0 amide bonds. The lowest BCUT2D eigenvalue weighted by atomic mass is 9.97. The molecule has 2 atom stereocenters. The van der Waals surface area contributed by atoms with Gasteiger partial charge in [0.2, 0.25) is 0 Å². The second-order valence-electron chi connectivity index (χ2n) is 5.61. The predicted octanol–water partition coefficient (Wildman–Crippen LogP) is 2.45. The molecule has 1 heterocycles. The van der Waals surface area contributed by atoms with E-state index >= 15 is 0 Å². The zero-order valence-corrected chi connectivity index (χ0v) is 11.1. The standard InChI is InChI=1S/C13H23ClN2/c1-9(2)13-6-15-12(11-4-5-11)8-16(13)7-10(3)14/h9,11-13,15H,3-8H2,1-2H3. The predicted molar refractivity (Wildman–Crippen MR) is 69.7 cm³/mol. The highest BCUT2D eigenvalue weighted by molar-refractivity contribution is 6.29. The Bertz CT molecular complexity index is 261. The van der Waals surface area contributed by atoms with E-state index in [-0.39, 0.29) is 0 Å². The molecule has 3 heteroatoms. The monoisotopic (exact) mass is 242 g/mol. The minimum atomic E-state index is 0.602. The number of nitrogens with one attached hydrogen (secondary N) is 1. The van der Waals surface area contributed by atoms with Gasteiger partial charge >= 0.3 is 0 Å². The summed E-state index contributed by atoms with van der Waals surface area (Å²) < 4.78 is 0. The quantitative estimate of drug-likeness (QED) is 0.815. The van der Waals surface area contributed by atoms with Crippen LogP contribution in [0.25, 0.3) is 0 Å². The smallest absolute Gasteiger partial charge is 0.0339 e. The van der Waals surface area contributed by atoms with Gasteiger partial charge in [-0.15, -0.1) is 0 Å². The Morgan fingerprint density at radius 1 is 1.50 bits per heavy atom. The number of hydrogen-bond acceptors (Lipinski definition) is 2. The Balaban J connectivity index is 1.96. The molecule has 2 nitrogen and oxygen atoms in total. The third kappa shape index (κ3) is 2.99. The highest BCUT2D eigenvalue weighted by atomic mass is 35.5. The van der Waals surface area contributed by atoms with Crippen molar-refractivity contribution in [2.75, 3.05) is 19.6 Å². The maximum Gasteiger partial charge on any atom is 0.0339 e. The zero-order valence-electron chi connectivity index (χ0n) is 10.4. The van der Waals surface area contributed by atoms with Crippen LogP contribution >= 0.6 is 11.6 Å². The first kappa shape index (κ1) is 12.4. The molecular formula is C13H23ClN2. The van der Waals surface area contributed by atoms with Crippen LogP contribution in [0.15, 0.2) is 11.6 Å². The van der Waals surface area contributed by atoms with Gasteiger partial charge in [-0.1, -0.05) is 32.0 Å². The van der Waals surface area contributed by atoms with Crippen LogP contribution in [0.5, 0.6) is 0 Å². The van der Waals surface area contributed by atoms with E-state index in [0.717, 1.165) is 30.6 Å². The largest absolute Gasteiger partial charge is 0.311 e. The molecule has 1 aliphatic heterocycles. The molecule has 0 spiro atoms. The number of rotatable bonds is 4. The summed E-state index contributed by atoms with van der Waals surface area (Å²) in [5, 5.41) is 4.47. The third-order valence-electron chi connectivity index (χ3n) is 3.82. The molecule has 2 aliphatic rings. The van der Waals surface area contributed by atoms with Crippen molar-refractivity contribution in [1.29, 1.82) is 0 Å². The fraction of sp³-hybridized carbons (Fsp3) is 0.846. The van der Waals surface area contributed by atoms with Crippen molar-refractivity contribution in [3.63, 3.8) is 0 Å². The number of hydrogen-bond donors (Lipinski definition) is 1.